The van der Waals surface area contributed by atoms with E-state index in [4.69, 9.17) is 5.11 Å². The lowest BCUT2D eigenvalue weighted by molar-refractivity contribution is -0.117. The van der Waals surface area contributed by atoms with E-state index in [1.165, 1.54) is 17.4 Å². The number of aromatic carboxylic acids is 1. The highest BCUT2D eigenvalue weighted by atomic mass is 32.1. The highest BCUT2D eigenvalue weighted by molar-refractivity contribution is 7.22. The van der Waals surface area contributed by atoms with Crippen molar-refractivity contribution in [3.8, 4) is 0 Å². The molecule has 2 rings (SSSR count). The van der Waals surface area contributed by atoms with Crippen LogP contribution in [0.4, 0.5) is 5.13 Å². The van der Waals surface area contributed by atoms with E-state index in [0.717, 1.165) is 11.1 Å². The molecule has 1 unspecified atom stereocenters. The van der Waals surface area contributed by atoms with E-state index < -0.39 is 5.97 Å². The van der Waals surface area contributed by atoms with Crippen molar-refractivity contribution in [3.63, 3.8) is 0 Å². The fraction of sp³-hybridized carbons (Fsp3) is 0.357. The number of aromatic nitrogens is 1. The van der Waals surface area contributed by atoms with Gasteiger partial charge in [-0.25, -0.2) is 9.78 Å². The van der Waals surface area contributed by atoms with Crippen molar-refractivity contribution in [1.29, 1.82) is 0 Å². The van der Waals surface area contributed by atoms with Gasteiger partial charge in [0.15, 0.2) is 5.13 Å². The van der Waals surface area contributed by atoms with Gasteiger partial charge in [0.25, 0.3) is 0 Å². The first kappa shape index (κ1) is 14.5. The average Bonchev–Trinajstić information content (AvgIpc) is 2.78. The van der Waals surface area contributed by atoms with Crippen molar-refractivity contribution < 1.29 is 14.7 Å². The molecule has 2 N–H and O–H groups in total. The van der Waals surface area contributed by atoms with Crippen molar-refractivity contribution in [2.45, 2.75) is 26.7 Å². The zero-order chi connectivity index (χ0) is 14.7. The maximum atomic E-state index is 11.8. The summed E-state index contributed by atoms with van der Waals surface area (Å²) in [7, 11) is 0. The second kappa shape index (κ2) is 6.00. The molecule has 0 radical (unpaired) electrons. The van der Waals surface area contributed by atoms with Crippen LogP contribution in [0, 0.1) is 5.92 Å². The minimum atomic E-state index is -0.970. The van der Waals surface area contributed by atoms with Crippen LogP contribution in [0.15, 0.2) is 18.2 Å². The van der Waals surface area contributed by atoms with E-state index in [0.29, 0.717) is 23.0 Å². The quantitative estimate of drug-likeness (QED) is 0.885. The Morgan fingerprint density at radius 3 is 2.85 bits per heavy atom. The van der Waals surface area contributed by atoms with Gasteiger partial charge in [0.05, 0.1) is 15.8 Å². The van der Waals surface area contributed by atoms with Crippen molar-refractivity contribution in [1.82, 2.24) is 4.98 Å². The van der Waals surface area contributed by atoms with Crippen molar-refractivity contribution >= 4 is 38.6 Å². The molecule has 1 atom stereocenters. The molecule has 1 aromatic heterocycles. The van der Waals surface area contributed by atoms with E-state index in [1.807, 2.05) is 13.8 Å². The fourth-order valence-electron chi connectivity index (χ4n) is 1.74. The topological polar surface area (TPSA) is 79.3 Å². The Labute approximate surface area is 120 Å². The number of hydrogen-bond donors (Lipinski definition) is 2. The second-order valence-electron chi connectivity index (χ2n) is 4.77. The van der Waals surface area contributed by atoms with E-state index in [9.17, 15) is 9.59 Å². The van der Waals surface area contributed by atoms with Crippen molar-refractivity contribution in [2.24, 2.45) is 5.92 Å². The summed E-state index contributed by atoms with van der Waals surface area (Å²) in [6, 6.07) is 4.73. The normalized spacial score (nSPS) is 12.3. The first-order valence-electron chi connectivity index (χ1n) is 6.43. The molecule has 0 aliphatic rings. The number of benzene rings is 1. The van der Waals surface area contributed by atoms with Gasteiger partial charge in [-0.05, 0) is 24.1 Å². The predicted molar refractivity (Wildman–Crippen MR) is 79.3 cm³/mol. The third kappa shape index (κ3) is 3.33. The zero-order valence-electron chi connectivity index (χ0n) is 11.3. The molecule has 0 saturated carbocycles. The molecular weight excluding hydrogens is 276 g/mol. The minimum absolute atomic E-state index is 0.0585. The first-order chi connectivity index (χ1) is 9.49. The van der Waals surface area contributed by atoms with Gasteiger partial charge in [-0.1, -0.05) is 31.6 Å². The summed E-state index contributed by atoms with van der Waals surface area (Å²) in [5.41, 5.74) is 0.914. The largest absolute Gasteiger partial charge is 0.478 e. The molecule has 1 amide bonds. The second-order valence-corrected chi connectivity index (χ2v) is 5.80. The molecule has 2 aromatic rings. The Kier molecular flexibility index (Phi) is 4.34. The Morgan fingerprint density at radius 1 is 1.45 bits per heavy atom. The number of carboxylic acid groups (broad SMARTS) is 1. The summed E-state index contributed by atoms with van der Waals surface area (Å²) < 4.78 is 0.753. The van der Waals surface area contributed by atoms with Crippen LogP contribution in [0.5, 0.6) is 0 Å². The van der Waals surface area contributed by atoms with Gasteiger partial charge in [0.2, 0.25) is 5.91 Å². The number of thiazole rings is 1. The summed E-state index contributed by atoms with van der Waals surface area (Å²) in [4.78, 5) is 27.0. The number of amides is 1. The summed E-state index contributed by atoms with van der Waals surface area (Å²) in [5.74, 6) is -0.692. The van der Waals surface area contributed by atoms with Gasteiger partial charge in [-0.2, -0.15) is 0 Å². The molecule has 0 spiro atoms. The minimum Gasteiger partial charge on any atom is -0.478 e. The maximum Gasteiger partial charge on any atom is 0.335 e. The standard InChI is InChI=1S/C14H16N2O3S/c1-3-8(2)6-12(17)16-14-15-10-5-4-9(13(18)19)7-11(10)20-14/h4-5,7-8H,3,6H2,1-2H3,(H,18,19)(H,15,16,17). The molecule has 1 heterocycles. The van der Waals surface area contributed by atoms with E-state index >= 15 is 0 Å². The molecule has 5 nitrogen and oxygen atoms in total. The number of hydrogen-bond acceptors (Lipinski definition) is 4. The van der Waals surface area contributed by atoms with Gasteiger partial charge in [-0.3, -0.25) is 4.79 Å². The molecule has 106 valence electrons. The lowest BCUT2D eigenvalue weighted by Crippen LogP contribution is -2.14. The highest BCUT2D eigenvalue weighted by Crippen LogP contribution is 2.27. The van der Waals surface area contributed by atoms with Gasteiger partial charge >= 0.3 is 5.97 Å². The van der Waals surface area contributed by atoms with Crippen LogP contribution in [0.1, 0.15) is 37.0 Å². The molecule has 6 heteroatoms. The monoisotopic (exact) mass is 292 g/mol. The Bertz CT molecular complexity index is 651. The molecule has 0 aliphatic heterocycles. The fourth-order valence-corrected chi connectivity index (χ4v) is 2.66. The van der Waals surface area contributed by atoms with Crippen LogP contribution in [-0.4, -0.2) is 22.0 Å². The van der Waals surface area contributed by atoms with Gasteiger partial charge < -0.3 is 10.4 Å². The van der Waals surface area contributed by atoms with E-state index in [2.05, 4.69) is 10.3 Å². The number of carbonyl (C=O) groups is 2. The van der Waals surface area contributed by atoms with Crippen LogP contribution in [0.25, 0.3) is 10.2 Å². The third-order valence-electron chi connectivity index (χ3n) is 3.11. The van der Waals surface area contributed by atoms with Gasteiger partial charge in [-0.15, -0.1) is 0 Å². The molecular formula is C14H16N2O3S. The molecule has 0 fully saturated rings. The van der Waals surface area contributed by atoms with Crippen LogP contribution >= 0.6 is 11.3 Å². The van der Waals surface area contributed by atoms with Crippen LogP contribution < -0.4 is 5.32 Å². The summed E-state index contributed by atoms with van der Waals surface area (Å²) >= 11 is 1.29. The molecule has 20 heavy (non-hydrogen) atoms. The summed E-state index contributed by atoms with van der Waals surface area (Å²) in [5, 5.41) is 12.2. The smallest absolute Gasteiger partial charge is 0.335 e. The Hall–Kier alpha value is -1.95. The number of fused-ring (bicyclic) bond motifs is 1. The maximum absolute atomic E-state index is 11.8. The highest BCUT2D eigenvalue weighted by Gasteiger charge is 2.12. The number of anilines is 1. The lowest BCUT2D eigenvalue weighted by atomic mass is 10.1. The van der Waals surface area contributed by atoms with Crippen molar-refractivity contribution in [2.75, 3.05) is 5.32 Å². The summed E-state index contributed by atoms with van der Waals surface area (Å²) in [6.45, 7) is 4.07. The van der Waals surface area contributed by atoms with E-state index in [1.54, 1.807) is 12.1 Å². The third-order valence-corrected chi connectivity index (χ3v) is 4.05. The SMILES string of the molecule is CCC(C)CC(=O)Nc1nc2ccc(C(=O)O)cc2s1. The van der Waals surface area contributed by atoms with E-state index in [-0.39, 0.29) is 11.5 Å². The Morgan fingerprint density at radius 2 is 2.20 bits per heavy atom. The first-order valence-corrected chi connectivity index (χ1v) is 7.25. The molecule has 0 saturated heterocycles. The number of rotatable bonds is 5. The van der Waals surface area contributed by atoms with Crippen LogP contribution in [0.2, 0.25) is 0 Å². The molecule has 0 bridgehead atoms. The number of nitrogens with one attached hydrogen (secondary N) is 1. The molecule has 1 aromatic carbocycles. The van der Waals surface area contributed by atoms with Crippen molar-refractivity contribution in [3.05, 3.63) is 23.8 Å². The van der Waals surface area contributed by atoms with Gasteiger partial charge in [0.1, 0.15) is 0 Å². The summed E-state index contributed by atoms with van der Waals surface area (Å²) in [6.07, 6.45) is 1.42. The zero-order valence-corrected chi connectivity index (χ0v) is 12.2. The predicted octanol–water partition coefficient (Wildman–Crippen LogP) is 3.37. The average molecular weight is 292 g/mol. The Balaban J connectivity index is 2.15. The van der Waals surface area contributed by atoms with Crippen LogP contribution in [0.3, 0.4) is 0 Å². The lowest BCUT2D eigenvalue weighted by Gasteiger charge is -2.06. The number of carbonyl (C=O) groups excluding carboxylic acids is 1. The molecule has 0 aliphatic carbocycles. The number of nitrogens with zero attached hydrogens (tertiary/aromatic N) is 1. The van der Waals surface area contributed by atoms with Gasteiger partial charge in [0, 0.05) is 6.42 Å². The van der Waals surface area contributed by atoms with Crippen LogP contribution in [-0.2, 0) is 4.79 Å². The number of carboxylic acids is 1.